The Morgan fingerprint density at radius 1 is 0.895 bits per heavy atom. The molecule has 0 unspecified atom stereocenters. The molecule has 0 bridgehead atoms. The molecule has 100 valence electrons. The van der Waals surface area contributed by atoms with Gasteiger partial charge in [-0.15, -0.1) is 0 Å². The number of halogens is 6. The molecule has 0 fully saturated rings. The van der Waals surface area contributed by atoms with Crippen LogP contribution in [0.5, 0.6) is 0 Å². The third-order valence-electron chi connectivity index (χ3n) is 2.54. The normalized spacial score (nSPS) is 11.7. The molecule has 0 aliphatic heterocycles. The largest absolute Gasteiger partial charge is 0.417 e. The molecule has 0 nitrogen and oxygen atoms in total. The van der Waals surface area contributed by atoms with Gasteiger partial charge in [-0.05, 0) is 46.4 Å². The zero-order chi connectivity index (χ0) is 14.2. The van der Waals surface area contributed by atoms with E-state index in [1.54, 1.807) is 46.9 Å². The van der Waals surface area contributed by atoms with E-state index in [0.29, 0.717) is 21.2 Å². The first-order valence-corrected chi connectivity index (χ1v) is 6.96. The molecule has 2 aromatic rings. The molecule has 0 heterocycles. The first kappa shape index (κ1) is 14.9. The van der Waals surface area contributed by atoms with Gasteiger partial charge in [-0.1, -0.05) is 41.4 Å². The van der Waals surface area contributed by atoms with Crippen molar-refractivity contribution in [2.24, 2.45) is 0 Å². The van der Waals surface area contributed by atoms with Crippen LogP contribution in [-0.4, -0.2) is 0 Å². The summed E-state index contributed by atoms with van der Waals surface area (Å²) in [6.07, 6.45) is -4.40. The summed E-state index contributed by atoms with van der Waals surface area (Å²) in [6, 6.07) is 8.80. The van der Waals surface area contributed by atoms with Crippen molar-refractivity contribution in [3.63, 3.8) is 0 Å². The molecule has 0 atom stereocenters. The van der Waals surface area contributed by atoms with Gasteiger partial charge in [-0.25, -0.2) is 0 Å². The molecule has 2 aromatic carbocycles. The average Bonchev–Trinajstić information content (AvgIpc) is 2.29. The van der Waals surface area contributed by atoms with Crippen LogP contribution in [-0.2, 0) is 6.18 Å². The predicted octanol–water partition coefficient (Wildman–Crippen LogP) is 6.28. The van der Waals surface area contributed by atoms with E-state index < -0.39 is 11.7 Å². The summed E-state index contributed by atoms with van der Waals surface area (Å²) in [4.78, 5) is 0. The fourth-order valence-electron chi connectivity index (χ4n) is 1.70. The second kappa shape index (κ2) is 5.50. The fraction of sp³-hybridized carbons (Fsp3) is 0.0769. The number of rotatable bonds is 1. The van der Waals surface area contributed by atoms with Crippen LogP contribution >= 0.6 is 45.8 Å². The summed E-state index contributed by atoms with van der Waals surface area (Å²) in [5.74, 6) is 0. The molecule has 6 heteroatoms. The van der Waals surface area contributed by atoms with Crippen molar-refractivity contribution in [2.45, 2.75) is 6.18 Å². The maximum atomic E-state index is 12.9. The van der Waals surface area contributed by atoms with E-state index in [1.165, 1.54) is 6.07 Å². The highest BCUT2D eigenvalue weighted by Crippen LogP contribution is 2.41. The molecular weight excluding hydrogens is 411 g/mol. The molecule has 19 heavy (non-hydrogen) atoms. The number of alkyl halides is 3. The summed E-state index contributed by atoms with van der Waals surface area (Å²) in [6.45, 7) is 0. The minimum Gasteiger partial charge on any atom is -0.166 e. The minimum atomic E-state index is -4.40. The van der Waals surface area contributed by atoms with Crippen LogP contribution < -0.4 is 0 Å². The lowest BCUT2D eigenvalue weighted by Gasteiger charge is -2.14. The lowest BCUT2D eigenvalue weighted by molar-refractivity contribution is -0.138. The monoisotopic (exact) mass is 416 g/mol. The van der Waals surface area contributed by atoms with Crippen LogP contribution in [0.4, 0.5) is 13.2 Å². The Bertz CT molecular complexity index is 604. The zero-order valence-electron chi connectivity index (χ0n) is 9.23. The van der Waals surface area contributed by atoms with Crippen LogP contribution in [0.15, 0.2) is 36.4 Å². The molecule has 0 saturated carbocycles. The lowest BCUT2D eigenvalue weighted by atomic mass is 10.0. The van der Waals surface area contributed by atoms with E-state index in [2.05, 4.69) is 0 Å². The van der Waals surface area contributed by atoms with Crippen LogP contribution in [0, 0.1) is 3.57 Å². The van der Waals surface area contributed by atoms with Crippen molar-refractivity contribution < 1.29 is 13.2 Å². The Morgan fingerprint density at radius 2 is 1.42 bits per heavy atom. The van der Waals surface area contributed by atoms with Gasteiger partial charge < -0.3 is 0 Å². The summed E-state index contributed by atoms with van der Waals surface area (Å²) < 4.78 is 38.7. The lowest BCUT2D eigenvalue weighted by Crippen LogP contribution is -2.08. The van der Waals surface area contributed by atoms with E-state index in [1.807, 2.05) is 0 Å². The highest BCUT2D eigenvalue weighted by molar-refractivity contribution is 14.1. The van der Waals surface area contributed by atoms with Gasteiger partial charge in [-0.3, -0.25) is 0 Å². The number of benzene rings is 2. The molecule has 0 radical (unpaired) electrons. The van der Waals surface area contributed by atoms with Crippen LogP contribution in [0.1, 0.15) is 5.56 Å². The summed E-state index contributed by atoms with van der Waals surface area (Å²) in [5.41, 5.74) is 0.106. The molecule has 2 rings (SSSR count). The number of hydrogen-bond donors (Lipinski definition) is 0. The van der Waals surface area contributed by atoms with Crippen molar-refractivity contribution >= 4 is 45.8 Å². The van der Waals surface area contributed by atoms with E-state index in [9.17, 15) is 13.2 Å². The smallest absolute Gasteiger partial charge is 0.166 e. The molecule has 0 aliphatic rings. The highest BCUT2D eigenvalue weighted by Gasteiger charge is 2.34. The van der Waals surface area contributed by atoms with Gasteiger partial charge in [0.05, 0.1) is 5.56 Å². The molecule has 0 aromatic heterocycles. The predicted molar refractivity (Wildman–Crippen MR) is 79.6 cm³/mol. The summed E-state index contributed by atoms with van der Waals surface area (Å²) in [7, 11) is 0. The molecular formula is C13H6Cl2F3I. The number of hydrogen-bond acceptors (Lipinski definition) is 0. The van der Waals surface area contributed by atoms with E-state index in [-0.39, 0.29) is 3.57 Å². The fourth-order valence-corrected chi connectivity index (χ4v) is 3.24. The maximum absolute atomic E-state index is 12.9. The first-order chi connectivity index (χ1) is 8.82. The topological polar surface area (TPSA) is 0 Å². The molecule has 0 amide bonds. The average molecular weight is 417 g/mol. The van der Waals surface area contributed by atoms with E-state index in [4.69, 9.17) is 23.2 Å². The third-order valence-corrected chi connectivity index (χ3v) is 4.33. The van der Waals surface area contributed by atoms with Crippen LogP contribution in [0.2, 0.25) is 10.0 Å². The van der Waals surface area contributed by atoms with Crippen molar-refractivity contribution in [3.05, 3.63) is 55.6 Å². The van der Waals surface area contributed by atoms with Gasteiger partial charge in [0.2, 0.25) is 0 Å². The zero-order valence-corrected chi connectivity index (χ0v) is 12.9. The van der Waals surface area contributed by atoms with Gasteiger partial charge in [-0.2, -0.15) is 13.2 Å². The van der Waals surface area contributed by atoms with Gasteiger partial charge in [0.1, 0.15) is 0 Å². The molecule has 0 saturated heterocycles. The Balaban J connectivity index is 2.71. The molecule has 0 N–H and O–H groups in total. The quantitative estimate of drug-likeness (QED) is 0.479. The molecule has 0 spiro atoms. The summed E-state index contributed by atoms with van der Waals surface area (Å²) in [5, 5.41) is 0.648. The van der Waals surface area contributed by atoms with Crippen molar-refractivity contribution in [3.8, 4) is 11.1 Å². The third kappa shape index (κ3) is 3.01. The highest BCUT2D eigenvalue weighted by atomic mass is 127. The van der Waals surface area contributed by atoms with Gasteiger partial charge in [0.25, 0.3) is 0 Å². The Morgan fingerprint density at radius 3 is 1.95 bits per heavy atom. The second-order valence-corrected chi connectivity index (χ2v) is 5.65. The van der Waals surface area contributed by atoms with Crippen molar-refractivity contribution in [1.29, 1.82) is 0 Å². The Kier molecular flexibility index (Phi) is 4.32. The minimum absolute atomic E-state index is 0.0857. The Hall–Kier alpha value is -0.460. The van der Waals surface area contributed by atoms with Crippen LogP contribution in [0.3, 0.4) is 0 Å². The van der Waals surface area contributed by atoms with Crippen molar-refractivity contribution in [1.82, 2.24) is 0 Å². The summed E-state index contributed by atoms with van der Waals surface area (Å²) >= 11 is 13.7. The molecule has 0 aliphatic carbocycles. The standard InChI is InChI=1S/C13H6Cl2F3I/c14-9-5-2-6-10(15)11(9)7-3-1-4-8(12(7)19)13(16,17)18/h1-6H. The Labute approximate surface area is 131 Å². The van der Waals surface area contributed by atoms with Gasteiger partial charge >= 0.3 is 6.18 Å². The van der Waals surface area contributed by atoms with E-state index in [0.717, 1.165) is 6.07 Å². The van der Waals surface area contributed by atoms with Crippen LogP contribution in [0.25, 0.3) is 11.1 Å². The van der Waals surface area contributed by atoms with Crippen molar-refractivity contribution in [2.75, 3.05) is 0 Å². The van der Waals surface area contributed by atoms with Gasteiger partial charge in [0, 0.05) is 19.2 Å². The SMILES string of the molecule is FC(F)(F)c1cccc(-c2c(Cl)cccc2Cl)c1I. The van der Waals surface area contributed by atoms with Gasteiger partial charge in [0.15, 0.2) is 0 Å². The van der Waals surface area contributed by atoms with E-state index >= 15 is 0 Å². The second-order valence-electron chi connectivity index (χ2n) is 3.76. The first-order valence-electron chi connectivity index (χ1n) is 5.12. The maximum Gasteiger partial charge on any atom is 0.417 e.